The quantitative estimate of drug-likeness (QED) is 0.760. The molecule has 1 aliphatic carbocycles. The van der Waals surface area contributed by atoms with Crippen molar-refractivity contribution in [2.45, 2.75) is 31.8 Å². The second-order valence-corrected chi connectivity index (χ2v) is 8.48. The number of amides is 2. The smallest absolute Gasteiger partial charge is 0.239 e. The molecule has 0 bridgehead atoms. The number of anilines is 1. The fourth-order valence-corrected chi connectivity index (χ4v) is 4.26. The minimum Gasteiger partial charge on any atom is -0.368 e. The molecule has 1 atom stereocenters. The first-order valence-electron chi connectivity index (χ1n) is 10.9. The highest BCUT2D eigenvalue weighted by Crippen LogP contribution is 2.19. The second kappa shape index (κ2) is 9.13. The fourth-order valence-electron chi connectivity index (χ4n) is 4.26. The fraction of sp³-hybridized carbons (Fsp3) is 0.636. The molecule has 0 aromatic heterocycles. The van der Waals surface area contributed by atoms with Gasteiger partial charge >= 0.3 is 0 Å². The van der Waals surface area contributed by atoms with E-state index in [-0.39, 0.29) is 17.9 Å². The normalized spacial score (nSPS) is 22.4. The van der Waals surface area contributed by atoms with Gasteiger partial charge < -0.3 is 15.1 Å². The zero-order chi connectivity index (χ0) is 20.2. The zero-order valence-electron chi connectivity index (χ0n) is 17.4. The SMILES string of the molecule is CC(C(=O)N1CCN(c2ccccc2)CC1)N1CCN(CC(=O)NC2CC2)CC1. The average molecular weight is 400 g/mol. The van der Waals surface area contributed by atoms with Crippen LogP contribution in [0, 0.1) is 0 Å². The summed E-state index contributed by atoms with van der Waals surface area (Å²) in [4.78, 5) is 33.8. The average Bonchev–Trinajstić information content (AvgIpc) is 3.58. The molecule has 1 N–H and O–H groups in total. The molecule has 0 radical (unpaired) electrons. The lowest BCUT2D eigenvalue weighted by molar-refractivity contribution is -0.137. The minimum absolute atomic E-state index is 0.0966. The summed E-state index contributed by atoms with van der Waals surface area (Å²) in [6, 6.07) is 10.7. The Morgan fingerprint density at radius 1 is 0.966 bits per heavy atom. The summed E-state index contributed by atoms with van der Waals surface area (Å²) in [5.41, 5.74) is 1.23. The van der Waals surface area contributed by atoms with Crippen LogP contribution in [-0.4, -0.2) is 97.5 Å². The minimum atomic E-state index is -0.0966. The van der Waals surface area contributed by atoms with Crippen LogP contribution in [0.3, 0.4) is 0 Å². The van der Waals surface area contributed by atoms with E-state index < -0.39 is 0 Å². The maximum atomic E-state index is 13.0. The van der Waals surface area contributed by atoms with Gasteiger partial charge in [-0.3, -0.25) is 19.4 Å². The van der Waals surface area contributed by atoms with Gasteiger partial charge in [0.25, 0.3) is 0 Å². The van der Waals surface area contributed by atoms with E-state index in [1.807, 2.05) is 17.9 Å². The van der Waals surface area contributed by atoms with E-state index in [0.717, 1.165) is 65.2 Å². The van der Waals surface area contributed by atoms with Crippen LogP contribution >= 0.6 is 0 Å². The van der Waals surface area contributed by atoms with Gasteiger partial charge in [0, 0.05) is 64.1 Å². The Hall–Kier alpha value is -2.12. The summed E-state index contributed by atoms with van der Waals surface area (Å²) >= 11 is 0. The molecule has 3 aliphatic rings. The number of para-hydroxylation sites is 1. The lowest BCUT2D eigenvalue weighted by atomic mass is 10.1. The van der Waals surface area contributed by atoms with Crippen molar-refractivity contribution >= 4 is 17.5 Å². The second-order valence-electron chi connectivity index (χ2n) is 8.48. The van der Waals surface area contributed by atoms with Crippen LogP contribution < -0.4 is 10.2 Å². The summed E-state index contributed by atoms with van der Waals surface area (Å²) in [5.74, 6) is 0.374. The third-order valence-corrected chi connectivity index (χ3v) is 6.33. The highest BCUT2D eigenvalue weighted by Gasteiger charge is 2.31. The number of nitrogens with zero attached hydrogens (tertiary/aromatic N) is 4. The molecule has 3 fully saturated rings. The number of nitrogens with one attached hydrogen (secondary N) is 1. The molecule has 1 saturated carbocycles. The van der Waals surface area contributed by atoms with Gasteiger partial charge in [0.05, 0.1) is 12.6 Å². The van der Waals surface area contributed by atoms with Crippen LogP contribution in [0.15, 0.2) is 30.3 Å². The van der Waals surface area contributed by atoms with Crippen LogP contribution in [-0.2, 0) is 9.59 Å². The molecular formula is C22H33N5O2. The van der Waals surface area contributed by atoms with Gasteiger partial charge in [0.2, 0.25) is 11.8 Å². The Labute approximate surface area is 173 Å². The molecule has 2 aliphatic heterocycles. The molecule has 1 aromatic rings. The predicted molar refractivity (Wildman–Crippen MR) is 114 cm³/mol. The van der Waals surface area contributed by atoms with Gasteiger partial charge in [-0.05, 0) is 31.9 Å². The first-order valence-corrected chi connectivity index (χ1v) is 10.9. The number of rotatable bonds is 6. The number of carbonyl (C=O) groups is 2. The summed E-state index contributed by atoms with van der Waals surface area (Å²) in [7, 11) is 0. The summed E-state index contributed by atoms with van der Waals surface area (Å²) in [6.07, 6.45) is 2.25. The van der Waals surface area contributed by atoms with E-state index in [4.69, 9.17) is 0 Å². The Balaban J connectivity index is 1.20. The standard InChI is InChI=1S/C22H33N5O2/c1-18(25-11-9-24(10-12-25)17-21(28)23-19-7-8-19)22(29)27-15-13-26(14-16-27)20-5-3-2-4-6-20/h2-6,18-19H,7-17H2,1H3,(H,23,28). The van der Waals surface area contributed by atoms with E-state index in [9.17, 15) is 9.59 Å². The highest BCUT2D eigenvalue weighted by molar-refractivity contribution is 5.82. The van der Waals surface area contributed by atoms with Crippen LogP contribution in [0.5, 0.6) is 0 Å². The van der Waals surface area contributed by atoms with Crippen molar-refractivity contribution in [3.63, 3.8) is 0 Å². The number of hydrogen-bond acceptors (Lipinski definition) is 5. The van der Waals surface area contributed by atoms with Gasteiger partial charge in [0.1, 0.15) is 0 Å². The summed E-state index contributed by atoms with van der Waals surface area (Å²) in [5, 5.41) is 3.05. The Morgan fingerprint density at radius 2 is 1.62 bits per heavy atom. The van der Waals surface area contributed by atoms with Crippen LogP contribution in [0.2, 0.25) is 0 Å². The highest BCUT2D eigenvalue weighted by atomic mass is 16.2. The molecule has 29 heavy (non-hydrogen) atoms. The van der Waals surface area contributed by atoms with Crippen LogP contribution in [0.25, 0.3) is 0 Å². The van der Waals surface area contributed by atoms with Crippen molar-refractivity contribution in [1.82, 2.24) is 20.0 Å². The molecule has 0 spiro atoms. The molecule has 4 rings (SSSR count). The first-order chi connectivity index (χ1) is 14.1. The Kier molecular flexibility index (Phi) is 6.35. The van der Waals surface area contributed by atoms with E-state index in [2.05, 4.69) is 44.3 Å². The molecule has 2 saturated heterocycles. The van der Waals surface area contributed by atoms with Gasteiger partial charge in [-0.1, -0.05) is 18.2 Å². The number of carbonyl (C=O) groups excluding carboxylic acids is 2. The monoisotopic (exact) mass is 399 g/mol. The number of hydrogen-bond donors (Lipinski definition) is 1. The number of piperazine rings is 2. The molecule has 2 heterocycles. The Bertz CT molecular complexity index is 692. The maximum Gasteiger partial charge on any atom is 0.239 e. The molecule has 1 aromatic carbocycles. The zero-order valence-corrected chi connectivity index (χ0v) is 17.4. The largest absolute Gasteiger partial charge is 0.368 e. The van der Waals surface area contributed by atoms with Crippen LogP contribution in [0.4, 0.5) is 5.69 Å². The first kappa shape index (κ1) is 20.2. The van der Waals surface area contributed by atoms with Gasteiger partial charge in [-0.2, -0.15) is 0 Å². The van der Waals surface area contributed by atoms with Crippen molar-refractivity contribution in [2.75, 3.05) is 63.8 Å². The lowest BCUT2D eigenvalue weighted by Gasteiger charge is -2.41. The van der Waals surface area contributed by atoms with Crippen molar-refractivity contribution in [3.05, 3.63) is 30.3 Å². The van der Waals surface area contributed by atoms with Gasteiger partial charge in [-0.25, -0.2) is 0 Å². The van der Waals surface area contributed by atoms with Crippen molar-refractivity contribution < 1.29 is 9.59 Å². The van der Waals surface area contributed by atoms with E-state index >= 15 is 0 Å². The topological polar surface area (TPSA) is 59.1 Å². The molecule has 7 nitrogen and oxygen atoms in total. The number of benzene rings is 1. The molecule has 1 unspecified atom stereocenters. The predicted octanol–water partition coefficient (Wildman–Crippen LogP) is 0.620. The van der Waals surface area contributed by atoms with Gasteiger partial charge in [0.15, 0.2) is 0 Å². The molecular weight excluding hydrogens is 366 g/mol. The van der Waals surface area contributed by atoms with Gasteiger partial charge in [-0.15, -0.1) is 0 Å². The van der Waals surface area contributed by atoms with E-state index in [1.165, 1.54) is 5.69 Å². The lowest BCUT2D eigenvalue weighted by Crippen LogP contribution is -2.58. The van der Waals surface area contributed by atoms with Crippen molar-refractivity contribution in [3.8, 4) is 0 Å². The Morgan fingerprint density at radius 3 is 2.24 bits per heavy atom. The summed E-state index contributed by atoms with van der Waals surface area (Å²) in [6.45, 7) is 9.20. The van der Waals surface area contributed by atoms with E-state index in [1.54, 1.807) is 0 Å². The summed E-state index contributed by atoms with van der Waals surface area (Å²) < 4.78 is 0. The molecule has 2 amide bonds. The van der Waals surface area contributed by atoms with Crippen LogP contribution in [0.1, 0.15) is 19.8 Å². The maximum absolute atomic E-state index is 13.0. The van der Waals surface area contributed by atoms with E-state index in [0.29, 0.717) is 12.6 Å². The van der Waals surface area contributed by atoms with Crippen molar-refractivity contribution in [1.29, 1.82) is 0 Å². The van der Waals surface area contributed by atoms with Crippen molar-refractivity contribution in [2.24, 2.45) is 0 Å². The molecule has 158 valence electrons. The molecule has 7 heteroatoms. The third kappa shape index (κ3) is 5.28. The third-order valence-electron chi connectivity index (χ3n) is 6.33.